The second-order valence-electron chi connectivity index (χ2n) is 5.96. The number of esters is 1. The Kier molecular flexibility index (Phi) is 5.50. The minimum atomic E-state index is -0.360. The molecule has 0 aromatic carbocycles. The maximum Gasteiger partial charge on any atom is 0.314 e. The molecule has 1 aromatic heterocycles. The van der Waals surface area contributed by atoms with Crippen molar-refractivity contribution in [3.63, 3.8) is 0 Å². The van der Waals surface area contributed by atoms with Crippen molar-refractivity contribution in [3.05, 3.63) is 27.2 Å². The van der Waals surface area contributed by atoms with Crippen LogP contribution in [-0.2, 0) is 16.2 Å². The monoisotopic (exact) mass is 319 g/mol. The molecule has 2 heterocycles. The Hall–Kier alpha value is -2.20. The molecule has 1 aromatic rings. The molecule has 1 saturated heterocycles. The number of quaternary nitrogens is 1. The van der Waals surface area contributed by atoms with E-state index in [1.54, 1.807) is 20.8 Å². The Balaban J connectivity index is 2.17. The molecule has 0 aliphatic carbocycles. The minimum absolute atomic E-state index is 0.128. The summed E-state index contributed by atoms with van der Waals surface area (Å²) in [6.07, 6.45) is 1.73. The van der Waals surface area contributed by atoms with Crippen molar-refractivity contribution < 1.29 is 14.4 Å². The summed E-state index contributed by atoms with van der Waals surface area (Å²) in [6.45, 7) is 7.57. The fourth-order valence-electron chi connectivity index (χ4n) is 2.98. The van der Waals surface area contributed by atoms with Crippen molar-refractivity contribution in [1.82, 2.24) is 9.78 Å². The number of likely N-dealkylation sites (tertiary alicyclic amines) is 1. The van der Waals surface area contributed by atoms with Gasteiger partial charge in [-0.05, 0) is 39.2 Å². The van der Waals surface area contributed by atoms with E-state index < -0.39 is 0 Å². The van der Waals surface area contributed by atoms with Gasteiger partial charge in [0.25, 0.3) is 5.56 Å². The molecule has 7 heteroatoms. The lowest BCUT2D eigenvalue weighted by Crippen LogP contribution is -3.13. The summed E-state index contributed by atoms with van der Waals surface area (Å²) in [5.74, 6) is -0.292. The SMILES string of the molecule is CCOC(=O)[C@@H]1CCC[NH+](Cn2nc(C)c(C)c(C#N)c2=O)C1. The molecule has 23 heavy (non-hydrogen) atoms. The predicted octanol–water partition coefficient (Wildman–Crippen LogP) is -0.453. The molecule has 124 valence electrons. The van der Waals surface area contributed by atoms with Gasteiger partial charge in [-0.1, -0.05) is 0 Å². The van der Waals surface area contributed by atoms with E-state index in [1.807, 2.05) is 6.07 Å². The highest BCUT2D eigenvalue weighted by atomic mass is 16.5. The van der Waals surface area contributed by atoms with E-state index in [0.29, 0.717) is 31.1 Å². The number of aryl methyl sites for hydroxylation is 1. The lowest BCUT2D eigenvalue weighted by molar-refractivity contribution is -0.930. The van der Waals surface area contributed by atoms with Gasteiger partial charge in [0.15, 0.2) is 6.67 Å². The van der Waals surface area contributed by atoms with Gasteiger partial charge in [0.05, 0.1) is 25.4 Å². The zero-order chi connectivity index (χ0) is 17.0. The summed E-state index contributed by atoms with van der Waals surface area (Å²) in [5, 5.41) is 13.5. The molecular weight excluding hydrogens is 296 g/mol. The highest BCUT2D eigenvalue weighted by molar-refractivity contribution is 5.72. The number of hydrogen-bond acceptors (Lipinski definition) is 5. The molecule has 1 aliphatic rings. The molecule has 0 bridgehead atoms. The van der Waals surface area contributed by atoms with Crippen molar-refractivity contribution >= 4 is 5.97 Å². The van der Waals surface area contributed by atoms with Gasteiger partial charge in [0.2, 0.25) is 0 Å². The first-order valence-corrected chi connectivity index (χ1v) is 7.96. The molecule has 2 atom stereocenters. The van der Waals surface area contributed by atoms with E-state index in [9.17, 15) is 9.59 Å². The number of ether oxygens (including phenoxy) is 1. The fourth-order valence-corrected chi connectivity index (χ4v) is 2.98. The zero-order valence-electron chi connectivity index (χ0n) is 13.9. The summed E-state index contributed by atoms with van der Waals surface area (Å²) in [7, 11) is 0. The van der Waals surface area contributed by atoms with Crippen LogP contribution in [0, 0.1) is 31.1 Å². The molecule has 7 nitrogen and oxygen atoms in total. The smallest absolute Gasteiger partial charge is 0.314 e. The van der Waals surface area contributed by atoms with E-state index >= 15 is 0 Å². The van der Waals surface area contributed by atoms with Crippen LogP contribution in [0.3, 0.4) is 0 Å². The quantitative estimate of drug-likeness (QED) is 0.759. The van der Waals surface area contributed by atoms with Crippen molar-refractivity contribution in [1.29, 1.82) is 5.26 Å². The molecule has 1 unspecified atom stereocenters. The van der Waals surface area contributed by atoms with Gasteiger partial charge in [-0.15, -0.1) is 0 Å². The predicted molar refractivity (Wildman–Crippen MR) is 82.7 cm³/mol. The van der Waals surface area contributed by atoms with Crippen LogP contribution in [0.1, 0.15) is 36.6 Å². The van der Waals surface area contributed by atoms with E-state index in [1.165, 1.54) is 4.68 Å². The maximum absolute atomic E-state index is 12.3. The van der Waals surface area contributed by atoms with Crippen molar-refractivity contribution in [2.24, 2.45) is 5.92 Å². The van der Waals surface area contributed by atoms with Gasteiger partial charge < -0.3 is 9.64 Å². The number of nitriles is 1. The number of carbonyl (C=O) groups excluding carboxylic acids is 1. The van der Waals surface area contributed by atoms with Gasteiger partial charge >= 0.3 is 5.97 Å². The normalized spacial score (nSPS) is 20.8. The molecule has 0 spiro atoms. The van der Waals surface area contributed by atoms with Crippen LogP contribution >= 0.6 is 0 Å². The van der Waals surface area contributed by atoms with E-state index in [2.05, 4.69) is 5.10 Å². The second kappa shape index (κ2) is 7.38. The number of hydrogen-bond donors (Lipinski definition) is 1. The number of piperidine rings is 1. The number of nitrogens with one attached hydrogen (secondary N) is 1. The van der Waals surface area contributed by atoms with E-state index in [0.717, 1.165) is 24.3 Å². The van der Waals surface area contributed by atoms with E-state index in [4.69, 9.17) is 10.00 Å². The molecule has 0 saturated carbocycles. The van der Waals surface area contributed by atoms with Crippen LogP contribution in [-0.4, -0.2) is 35.4 Å². The zero-order valence-corrected chi connectivity index (χ0v) is 13.9. The number of rotatable bonds is 4. The van der Waals surface area contributed by atoms with E-state index in [-0.39, 0.29) is 23.0 Å². The molecular formula is C16H23N4O3+. The van der Waals surface area contributed by atoms with Gasteiger partial charge in [0, 0.05) is 0 Å². The lowest BCUT2D eigenvalue weighted by atomic mass is 9.98. The average molecular weight is 319 g/mol. The average Bonchev–Trinajstić information content (AvgIpc) is 2.54. The van der Waals surface area contributed by atoms with Gasteiger partial charge in [-0.2, -0.15) is 15.0 Å². The Bertz CT molecular complexity index is 690. The van der Waals surface area contributed by atoms with Crippen LogP contribution < -0.4 is 10.5 Å². The summed E-state index contributed by atoms with van der Waals surface area (Å²) >= 11 is 0. The van der Waals surface area contributed by atoms with Gasteiger partial charge in [0.1, 0.15) is 17.6 Å². The molecule has 0 radical (unpaired) electrons. The third kappa shape index (κ3) is 3.77. The highest BCUT2D eigenvalue weighted by Crippen LogP contribution is 2.09. The van der Waals surface area contributed by atoms with Crippen LogP contribution in [0.25, 0.3) is 0 Å². The minimum Gasteiger partial charge on any atom is -0.466 e. The highest BCUT2D eigenvalue weighted by Gasteiger charge is 2.30. The summed E-state index contributed by atoms with van der Waals surface area (Å²) in [6, 6.07) is 1.97. The Labute approximate surface area is 135 Å². The lowest BCUT2D eigenvalue weighted by Gasteiger charge is -2.28. The Morgan fingerprint density at radius 1 is 1.52 bits per heavy atom. The standard InChI is InChI=1S/C16H22N4O3/c1-4-23-16(22)13-6-5-7-19(9-13)10-20-15(21)14(8-17)11(2)12(3)18-20/h13H,4-7,9-10H2,1-3H3/p+1/t13-/m1/s1. The van der Waals surface area contributed by atoms with Crippen molar-refractivity contribution in [2.45, 2.75) is 40.3 Å². The Morgan fingerprint density at radius 2 is 2.26 bits per heavy atom. The number of nitrogens with zero attached hydrogens (tertiary/aromatic N) is 3. The third-order valence-corrected chi connectivity index (χ3v) is 4.36. The third-order valence-electron chi connectivity index (χ3n) is 4.36. The summed E-state index contributed by atoms with van der Waals surface area (Å²) in [5.41, 5.74) is 1.10. The molecule has 1 aliphatic heterocycles. The van der Waals surface area contributed by atoms with Gasteiger partial charge in [-0.25, -0.2) is 0 Å². The van der Waals surface area contributed by atoms with Crippen LogP contribution in [0.4, 0.5) is 0 Å². The molecule has 0 amide bonds. The van der Waals surface area contributed by atoms with Crippen LogP contribution in [0.15, 0.2) is 4.79 Å². The molecule has 1 N–H and O–H groups in total. The van der Waals surface area contributed by atoms with Crippen molar-refractivity contribution in [3.8, 4) is 6.07 Å². The summed E-state index contributed by atoms with van der Waals surface area (Å²) < 4.78 is 6.45. The first-order chi connectivity index (χ1) is 11.0. The van der Waals surface area contributed by atoms with Gasteiger partial charge in [-0.3, -0.25) is 9.59 Å². The van der Waals surface area contributed by atoms with Crippen LogP contribution in [0.2, 0.25) is 0 Å². The second-order valence-corrected chi connectivity index (χ2v) is 5.96. The molecule has 1 fully saturated rings. The topological polar surface area (TPSA) is 89.4 Å². The molecule has 2 rings (SSSR count). The Morgan fingerprint density at radius 3 is 2.91 bits per heavy atom. The first-order valence-electron chi connectivity index (χ1n) is 7.96. The first kappa shape index (κ1) is 17.2. The maximum atomic E-state index is 12.3. The van der Waals surface area contributed by atoms with Crippen LogP contribution in [0.5, 0.6) is 0 Å². The fraction of sp³-hybridized carbons (Fsp3) is 0.625. The number of aromatic nitrogens is 2. The largest absolute Gasteiger partial charge is 0.466 e. The summed E-state index contributed by atoms with van der Waals surface area (Å²) in [4.78, 5) is 25.3. The number of carbonyl (C=O) groups is 1. The van der Waals surface area contributed by atoms with Crippen molar-refractivity contribution in [2.75, 3.05) is 19.7 Å².